The lowest BCUT2D eigenvalue weighted by atomic mass is 9.91. The van der Waals surface area contributed by atoms with Crippen molar-refractivity contribution in [2.75, 3.05) is 5.32 Å². The molecule has 12 heteroatoms. The van der Waals surface area contributed by atoms with Crippen LogP contribution in [0.2, 0.25) is 5.02 Å². The van der Waals surface area contributed by atoms with Crippen LogP contribution in [0.4, 0.5) is 10.2 Å². The molecular formula is C24H24ClFN6O3S. The van der Waals surface area contributed by atoms with E-state index in [1.54, 1.807) is 18.2 Å². The predicted molar refractivity (Wildman–Crippen MR) is 134 cm³/mol. The predicted octanol–water partition coefficient (Wildman–Crippen LogP) is 4.53. The monoisotopic (exact) mass is 530 g/mol. The third-order valence-electron chi connectivity index (χ3n) is 6.34. The molecule has 188 valence electrons. The van der Waals surface area contributed by atoms with Crippen LogP contribution in [0.25, 0.3) is 22.4 Å². The van der Waals surface area contributed by atoms with Gasteiger partial charge < -0.3 is 10.5 Å². The van der Waals surface area contributed by atoms with Crippen molar-refractivity contribution in [3.63, 3.8) is 0 Å². The summed E-state index contributed by atoms with van der Waals surface area (Å²) in [4.78, 5) is 12.9. The summed E-state index contributed by atoms with van der Waals surface area (Å²) in [6.45, 7) is 1.87. The topological polar surface area (TPSA) is 122 Å². The molecular weight excluding hydrogens is 507 g/mol. The van der Waals surface area contributed by atoms with E-state index in [1.165, 1.54) is 24.5 Å². The summed E-state index contributed by atoms with van der Waals surface area (Å²) in [5, 5.41) is 13.1. The summed E-state index contributed by atoms with van der Waals surface area (Å²) in [7, 11) is -4.00. The van der Waals surface area contributed by atoms with Crippen LogP contribution in [0.15, 0.2) is 53.8 Å². The zero-order valence-corrected chi connectivity index (χ0v) is 20.9. The number of benzene rings is 1. The van der Waals surface area contributed by atoms with Crippen molar-refractivity contribution in [1.29, 1.82) is 0 Å². The number of nitrogens with zero attached hydrogens (tertiary/aromatic N) is 4. The fraction of sp³-hybridized carbons (Fsp3) is 0.292. The van der Waals surface area contributed by atoms with Gasteiger partial charge in [0, 0.05) is 35.4 Å². The number of pyridine rings is 1. The molecule has 0 bridgehead atoms. The van der Waals surface area contributed by atoms with Gasteiger partial charge in [-0.2, -0.15) is 0 Å². The second-order valence-electron chi connectivity index (χ2n) is 8.91. The molecule has 2 atom stereocenters. The van der Waals surface area contributed by atoms with Gasteiger partial charge in [0.2, 0.25) is 0 Å². The number of hydrogen-bond donors (Lipinski definition) is 3. The normalized spacial score (nSPS) is 18.4. The van der Waals surface area contributed by atoms with E-state index in [-0.39, 0.29) is 34.3 Å². The van der Waals surface area contributed by atoms with E-state index in [9.17, 15) is 18.0 Å². The Morgan fingerprint density at radius 1 is 1.14 bits per heavy atom. The van der Waals surface area contributed by atoms with Crippen molar-refractivity contribution < 1.29 is 18.0 Å². The fourth-order valence-electron chi connectivity index (χ4n) is 4.47. The smallest absolute Gasteiger partial charge is 0.269 e. The van der Waals surface area contributed by atoms with Crippen LogP contribution in [-0.4, -0.2) is 44.6 Å². The van der Waals surface area contributed by atoms with E-state index >= 15 is 0 Å². The van der Waals surface area contributed by atoms with Crippen LogP contribution >= 0.6 is 11.6 Å². The average molecular weight is 531 g/mol. The van der Waals surface area contributed by atoms with Crippen molar-refractivity contribution in [2.24, 2.45) is 0 Å². The molecule has 5 rings (SSSR count). The van der Waals surface area contributed by atoms with Gasteiger partial charge in [0.15, 0.2) is 23.1 Å². The van der Waals surface area contributed by atoms with Gasteiger partial charge in [0.25, 0.3) is 10.0 Å². The van der Waals surface area contributed by atoms with E-state index < -0.39 is 15.8 Å². The number of hydrogen-bond acceptors (Lipinski definition) is 8. The summed E-state index contributed by atoms with van der Waals surface area (Å²) in [5.41, 5.74) is 3.71. The highest BCUT2D eigenvalue weighted by molar-refractivity contribution is 7.90. The molecule has 9 nitrogen and oxygen atoms in total. The van der Waals surface area contributed by atoms with Crippen molar-refractivity contribution >= 4 is 38.5 Å². The summed E-state index contributed by atoms with van der Waals surface area (Å²) in [6.07, 6.45) is 6.88. The molecule has 1 aromatic carbocycles. The van der Waals surface area contributed by atoms with E-state index in [2.05, 4.69) is 25.7 Å². The lowest BCUT2D eigenvalue weighted by molar-refractivity contribution is 0.104. The third kappa shape index (κ3) is 4.66. The molecule has 0 spiro atoms. The minimum atomic E-state index is -4.00. The number of fused-ring (bicyclic) bond motifs is 1. The maximum atomic E-state index is 14.7. The first kappa shape index (κ1) is 24.6. The summed E-state index contributed by atoms with van der Waals surface area (Å²) >= 11 is 6.19. The lowest BCUT2D eigenvalue weighted by Gasteiger charge is -2.29. The molecule has 36 heavy (non-hydrogen) atoms. The van der Waals surface area contributed by atoms with E-state index in [0.29, 0.717) is 22.4 Å². The Balaban J connectivity index is 1.59. The minimum Gasteiger partial charge on any atom is -0.365 e. The summed E-state index contributed by atoms with van der Waals surface area (Å²) in [5.74, 6) is -0.510. The second kappa shape index (κ2) is 9.74. The van der Waals surface area contributed by atoms with Gasteiger partial charge in [0.05, 0.1) is 16.1 Å². The number of aryl methyl sites for hydroxylation is 1. The SMILES string of the molecule is Cc1ccc(S(=O)(=O)n2cc(-c3ncc(F)c(N[C@@H]4CCC[C@H](NO)C4)n3)c3cc(Cl)cnc32)cc1. The maximum Gasteiger partial charge on any atom is 0.269 e. The molecule has 1 aliphatic rings. The largest absolute Gasteiger partial charge is 0.365 e. The second-order valence-corrected chi connectivity index (χ2v) is 11.2. The highest BCUT2D eigenvalue weighted by atomic mass is 35.5. The Hall–Kier alpha value is -3.12. The Morgan fingerprint density at radius 2 is 1.89 bits per heavy atom. The van der Waals surface area contributed by atoms with Crippen LogP contribution in [0.3, 0.4) is 0 Å². The zero-order valence-electron chi connectivity index (χ0n) is 19.3. The van der Waals surface area contributed by atoms with Crippen molar-refractivity contribution in [1.82, 2.24) is 24.4 Å². The first-order valence-corrected chi connectivity index (χ1v) is 13.3. The average Bonchev–Trinajstić information content (AvgIpc) is 3.25. The van der Waals surface area contributed by atoms with Crippen LogP contribution in [0.1, 0.15) is 31.2 Å². The first-order chi connectivity index (χ1) is 17.3. The minimum absolute atomic E-state index is 0.000804. The molecule has 4 aromatic rings. The third-order valence-corrected chi connectivity index (χ3v) is 8.21. The number of hydroxylamine groups is 1. The van der Waals surface area contributed by atoms with E-state index in [4.69, 9.17) is 11.6 Å². The van der Waals surface area contributed by atoms with Gasteiger partial charge in [-0.15, -0.1) is 0 Å². The number of aromatic nitrogens is 4. The molecule has 3 N–H and O–H groups in total. The molecule has 3 aromatic heterocycles. The maximum absolute atomic E-state index is 14.7. The standard InChI is InChI=1S/C24H24ClFN6O3S/c1-14-5-7-18(8-6-14)36(34,35)32-13-20(19-9-15(25)11-28-24(19)32)22-27-12-21(26)23(30-22)29-16-3-2-4-17(10-16)31-33/h5-9,11-13,16-17,31,33H,2-4,10H2,1H3,(H,27,29,30)/t16-,17+/m1/s1. The Morgan fingerprint density at radius 3 is 2.64 bits per heavy atom. The quantitative estimate of drug-likeness (QED) is 0.311. The van der Waals surface area contributed by atoms with Gasteiger partial charge >= 0.3 is 0 Å². The Bertz CT molecular complexity index is 1530. The van der Waals surface area contributed by atoms with E-state index in [1.807, 2.05) is 6.92 Å². The lowest BCUT2D eigenvalue weighted by Crippen LogP contribution is -2.37. The van der Waals surface area contributed by atoms with E-state index in [0.717, 1.165) is 35.0 Å². The summed E-state index contributed by atoms with van der Waals surface area (Å²) in [6, 6.07) is 7.89. The van der Waals surface area contributed by atoms with Gasteiger partial charge in [0.1, 0.15) is 0 Å². The molecule has 0 saturated heterocycles. The summed E-state index contributed by atoms with van der Waals surface area (Å²) < 4.78 is 42.7. The number of rotatable bonds is 6. The van der Waals surface area contributed by atoms with Crippen LogP contribution in [-0.2, 0) is 10.0 Å². The molecule has 1 fully saturated rings. The van der Waals surface area contributed by atoms with Crippen LogP contribution in [0.5, 0.6) is 0 Å². The van der Waals surface area contributed by atoms with Crippen molar-refractivity contribution in [3.05, 3.63) is 65.3 Å². The Labute approximate surface area is 212 Å². The molecule has 1 aliphatic carbocycles. The molecule has 3 heterocycles. The van der Waals surface area contributed by atoms with Gasteiger partial charge in [-0.1, -0.05) is 29.3 Å². The highest BCUT2D eigenvalue weighted by Crippen LogP contribution is 2.33. The number of halogens is 2. The van der Waals surface area contributed by atoms with Gasteiger partial charge in [-0.05, 0) is 50.8 Å². The molecule has 0 unspecified atom stereocenters. The van der Waals surface area contributed by atoms with Gasteiger partial charge in [-0.3, -0.25) is 0 Å². The van der Waals surface area contributed by atoms with Crippen LogP contribution < -0.4 is 10.8 Å². The number of anilines is 1. The van der Waals surface area contributed by atoms with Crippen molar-refractivity contribution in [3.8, 4) is 11.4 Å². The first-order valence-electron chi connectivity index (χ1n) is 11.4. The molecule has 0 amide bonds. The molecule has 1 saturated carbocycles. The molecule has 0 radical (unpaired) electrons. The number of nitrogens with one attached hydrogen (secondary N) is 2. The zero-order chi connectivity index (χ0) is 25.4. The Kier molecular flexibility index (Phi) is 6.64. The fourth-order valence-corrected chi connectivity index (χ4v) is 5.95. The van der Waals surface area contributed by atoms with Crippen molar-refractivity contribution in [2.45, 2.75) is 49.6 Å². The van der Waals surface area contributed by atoms with Crippen LogP contribution in [0, 0.1) is 12.7 Å². The highest BCUT2D eigenvalue weighted by Gasteiger charge is 2.26. The molecule has 0 aliphatic heterocycles. The van der Waals surface area contributed by atoms with Gasteiger partial charge in [-0.25, -0.2) is 37.2 Å².